The van der Waals surface area contributed by atoms with E-state index in [1.807, 2.05) is 0 Å². The molecule has 2 aliphatic rings. The maximum atomic E-state index is 2.73. The van der Waals surface area contributed by atoms with Gasteiger partial charge in [-0.1, -0.05) is 19.1 Å². The Labute approximate surface area is 129 Å². The number of benzene rings is 1. The summed E-state index contributed by atoms with van der Waals surface area (Å²) < 4.78 is 0. The van der Waals surface area contributed by atoms with Gasteiger partial charge in [0, 0.05) is 37.9 Å². The van der Waals surface area contributed by atoms with E-state index in [-0.39, 0.29) is 0 Å². The van der Waals surface area contributed by atoms with Crippen molar-refractivity contribution in [3.05, 3.63) is 29.8 Å². The minimum atomic E-state index is 0.825. The molecule has 0 radical (unpaired) electrons. The summed E-state index contributed by atoms with van der Waals surface area (Å²) in [7, 11) is 2.24. The quantitative estimate of drug-likeness (QED) is 0.845. The third-order valence-corrected chi connectivity index (χ3v) is 5.23. The van der Waals surface area contributed by atoms with Crippen molar-refractivity contribution in [1.29, 1.82) is 0 Å². The Balaban J connectivity index is 1.52. The molecule has 2 heterocycles. The van der Waals surface area contributed by atoms with Crippen LogP contribution in [0, 0.1) is 0 Å². The van der Waals surface area contributed by atoms with Crippen molar-refractivity contribution in [3.8, 4) is 0 Å². The standard InChI is InChI=1S/C18H29N3/c1-3-16-4-6-17(7-5-16)20-12-14-21(15-13-20)18-8-10-19(2)11-9-18/h4-7,18H,3,8-15H2,1-2H3. The number of likely N-dealkylation sites (tertiary alicyclic amines) is 1. The number of aryl methyl sites for hydroxylation is 1. The average molecular weight is 287 g/mol. The average Bonchev–Trinajstić information content (AvgIpc) is 2.56. The Hall–Kier alpha value is -1.06. The van der Waals surface area contributed by atoms with Crippen LogP contribution in [0.3, 0.4) is 0 Å². The van der Waals surface area contributed by atoms with E-state index in [0.717, 1.165) is 12.5 Å². The Bertz CT molecular complexity index is 426. The lowest BCUT2D eigenvalue weighted by atomic mass is 10.0. The fourth-order valence-corrected chi connectivity index (χ4v) is 3.65. The molecule has 3 heteroatoms. The first kappa shape index (κ1) is 14.9. The molecule has 0 spiro atoms. The van der Waals surface area contributed by atoms with Crippen LogP contribution >= 0.6 is 0 Å². The zero-order valence-corrected chi connectivity index (χ0v) is 13.6. The maximum Gasteiger partial charge on any atom is 0.0367 e. The molecule has 0 aliphatic carbocycles. The number of hydrogen-bond acceptors (Lipinski definition) is 3. The molecule has 116 valence electrons. The summed E-state index contributed by atoms with van der Waals surface area (Å²) in [6.07, 6.45) is 3.83. The van der Waals surface area contributed by atoms with Gasteiger partial charge in [-0.3, -0.25) is 4.90 Å². The van der Waals surface area contributed by atoms with Crippen LogP contribution in [0.1, 0.15) is 25.3 Å². The summed E-state index contributed by atoms with van der Waals surface area (Å²) in [6.45, 7) is 9.56. The Morgan fingerprint density at radius 1 is 0.905 bits per heavy atom. The highest BCUT2D eigenvalue weighted by Gasteiger charge is 2.26. The van der Waals surface area contributed by atoms with Gasteiger partial charge in [0.25, 0.3) is 0 Å². The van der Waals surface area contributed by atoms with E-state index in [1.54, 1.807) is 0 Å². The van der Waals surface area contributed by atoms with Crippen LogP contribution in [0.25, 0.3) is 0 Å². The van der Waals surface area contributed by atoms with Gasteiger partial charge >= 0.3 is 0 Å². The third-order valence-electron chi connectivity index (χ3n) is 5.23. The molecule has 21 heavy (non-hydrogen) atoms. The van der Waals surface area contributed by atoms with E-state index in [0.29, 0.717) is 0 Å². The topological polar surface area (TPSA) is 9.72 Å². The summed E-state index contributed by atoms with van der Waals surface area (Å²) in [4.78, 5) is 7.73. The van der Waals surface area contributed by atoms with Crippen molar-refractivity contribution in [1.82, 2.24) is 9.80 Å². The fourth-order valence-electron chi connectivity index (χ4n) is 3.65. The second-order valence-corrected chi connectivity index (χ2v) is 6.58. The van der Waals surface area contributed by atoms with Gasteiger partial charge in [-0.25, -0.2) is 0 Å². The van der Waals surface area contributed by atoms with Crippen molar-refractivity contribution >= 4 is 5.69 Å². The first-order chi connectivity index (χ1) is 10.3. The SMILES string of the molecule is CCc1ccc(N2CCN(C3CCN(C)CC3)CC2)cc1. The zero-order valence-electron chi connectivity index (χ0n) is 13.6. The van der Waals surface area contributed by atoms with E-state index in [1.165, 1.54) is 63.4 Å². The third kappa shape index (κ3) is 3.58. The van der Waals surface area contributed by atoms with Crippen molar-refractivity contribution in [3.63, 3.8) is 0 Å². The van der Waals surface area contributed by atoms with Crippen LogP contribution in [0.15, 0.2) is 24.3 Å². The summed E-state index contributed by atoms with van der Waals surface area (Å²) in [5, 5.41) is 0. The van der Waals surface area contributed by atoms with Crippen LogP contribution < -0.4 is 4.90 Å². The van der Waals surface area contributed by atoms with Gasteiger partial charge in [0.1, 0.15) is 0 Å². The molecule has 3 rings (SSSR count). The van der Waals surface area contributed by atoms with Gasteiger partial charge in [-0.05, 0) is 57.1 Å². The lowest BCUT2D eigenvalue weighted by Crippen LogP contribution is -2.53. The predicted octanol–water partition coefficient (Wildman–Crippen LogP) is 2.47. The number of rotatable bonds is 3. The molecule has 0 N–H and O–H groups in total. The van der Waals surface area contributed by atoms with E-state index < -0.39 is 0 Å². The number of piperidine rings is 1. The molecule has 1 aromatic carbocycles. The van der Waals surface area contributed by atoms with Crippen LogP contribution in [0.2, 0.25) is 0 Å². The van der Waals surface area contributed by atoms with Crippen LogP contribution in [-0.2, 0) is 6.42 Å². The van der Waals surface area contributed by atoms with Gasteiger partial charge in [0.05, 0.1) is 0 Å². The minimum Gasteiger partial charge on any atom is -0.369 e. The lowest BCUT2D eigenvalue weighted by molar-refractivity contribution is 0.115. The summed E-state index contributed by atoms with van der Waals surface area (Å²) in [5.41, 5.74) is 2.83. The molecule has 1 aromatic rings. The summed E-state index contributed by atoms with van der Waals surface area (Å²) in [5.74, 6) is 0. The fraction of sp³-hybridized carbons (Fsp3) is 0.667. The Morgan fingerprint density at radius 2 is 1.52 bits per heavy atom. The molecular weight excluding hydrogens is 258 g/mol. The van der Waals surface area contributed by atoms with Crippen LogP contribution in [-0.4, -0.2) is 62.2 Å². The second-order valence-electron chi connectivity index (χ2n) is 6.58. The Morgan fingerprint density at radius 3 is 2.10 bits per heavy atom. The Kier molecular flexibility index (Phi) is 4.81. The molecule has 2 fully saturated rings. The van der Waals surface area contributed by atoms with Crippen LogP contribution in [0.5, 0.6) is 0 Å². The highest BCUT2D eigenvalue weighted by molar-refractivity contribution is 5.48. The molecule has 0 aromatic heterocycles. The molecule has 0 atom stereocenters. The molecule has 3 nitrogen and oxygen atoms in total. The van der Waals surface area contributed by atoms with E-state index >= 15 is 0 Å². The van der Waals surface area contributed by atoms with E-state index in [2.05, 4.69) is 52.9 Å². The number of nitrogens with zero attached hydrogens (tertiary/aromatic N) is 3. The predicted molar refractivity (Wildman–Crippen MR) is 90.1 cm³/mol. The molecular formula is C18H29N3. The van der Waals surface area contributed by atoms with Crippen molar-refractivity contribution in [2.75, 3.05) is 51.2 Å². The number of piperazine rings is 1. The van der Waals surface area contributed by atoms with E-state index in [4.69, 9.17) is 0 Å². The van der Waals surface area contributed by atoms with Gasteiger partial charge in [0.15, 0.2) is 0 Å². The normalized spacial score (nSPS) is 22.7. The number of anilines is 1. The molecule has 0 unspecified atom stereocenters. The first-order valence-corrected chi connectivity index (χ1v) is 8.52. The molecule has 0 saturated carbocycles. The van der Waals surface area contributed by atoms with Gasteiger partial charge < -0.3 is 9.80 Å². The van der Waals surface area contributed by atoms with Crippen molar-refractivity contribution in [2.24, 2.45) is 0 Å². The monoisotopic (exact) mass is 287 g/mol. The van der Waals surface area contributed by atoms with Crippen molar-refractivity contribution in [2.45, 2.75) is 32.2 Å². The largest absolute Gasteiger partial charge is 0.369 e. The number of hydrogen-bond donors (Lipinski definition) is 0. The molecule has 2 aliphatic heterocycles. The first-order valence-electron chi connectivity index (χ1n) is 8.52. The zero-order chi connectivity index (χ0) is 14.7. The molecule has 0 bridgehead atoms. The highest BCUT2D eigenvalue weighted by atomic mass is 15.3. The van der Waals surface area contributed by atoms with Gasteiger partial charge in [-0.15, -0.1) is 0 Å². The lowest BCUT2D eigenvalue weighted by Gasteiger charge is -2.42. The van der Waals surface area contributed by atoms with Gasteiger partial charge in [0.2, 0.25) is 0 Å². The smallest absolute Gasteiger partial charge is 0.0367 e. The summed E-state index contributed by atoms with van der Waals surface area (Å²) >= 11 is 0. The van der Waals surface area contributed by atoms with Crippen molar-refractivity contribution < 1.29 is 0 Å². The second kappa shape index (κ2) is 6.80. The van der Waals surface area contributed by atoms with Gasteiger partial charge in [-0.2, -0.15) is 0 Å². The summed E-state index contributed by atoms with van der Waals surface area (Å²) in [6, 6.07) is 9.97. The maximum absolute atomic E-state index is 2.73. The highest BCUT2D eigenvalue weighted by Crippen LogP contribution is 2.21. The molecule has 0 amide bonds. The minimum absolute atomic E-state index is 0.825. The van der Waals surface area contributed by atoms with E-state index in [9.17, 15) is 0 Å². The molecule has 2 saturated heterocycles. The van der Waals surface area contributed by atoms with Crippen LogP contribution in [0.4, 0.5) is 5.69 Å².